The van der Waals surface area contributed by atoms with Crippen molar-refractivity contribution in [2.75, 3.05) is 34.2 Å². The van der Waals surface area contributed by atoms with Gasteiger partial charge in [-0.15, -0.1) is 0 Å². The largest absolute Gasteiger partial charge is 0.348 e. The van der Waals surface area contributed by atoms with Gasteiger partial charge in [-0.25, -0.2) is 0 Å². The van der Waals surface area contributed by atoms with Crippen LogP contribution in [0.25, 0.3) is 0 Å². The molecule has 0 saturated heterocycles. The van der Waals surface area contributed by atoms with Crippen molar-refractivity contribution >= 4 is 5.91 Å². The van der Waals surface area contributed by atoms with E-state index in [0.29, 0.717) is 6.42 Å². The molecule has 1 aromatic carbocycles. The van der Waals surface area contributed by atoms with Gasteiger partial charge in [0.05, 0.1) is 6.04 Å². The fraction of sp³-hybridized carbons (Fsp3) is 0.533. The van der Waals surface area contributed by atoms with Crippen molar-refractivity contribution in [3.8, 4) is 0 Å². The lowest BCUT2D eigenvalue weighted by Crippen LogP contribution is -2.35. The van der Waals surface area contributed by atoms with Gasteiger partial charge in [-0.3, -0.25) is 4.79 Å². The van der Waals surface area contributed by atoms with Crippen molar-refractivity contribution in [2.45, 2.75) is 18.9 Å². The minimum absolute atomic E-state index is 0.0540. The predicted molar refractivity (Wildman–Crippen MR) is 79.0 cm³/mol. The number of carbonyl (C=O) groups excluding carboxylic acids is 1. The Hall–Kier alpha value is -1.39. The molecule has 0 aliphatic rings. The van der Waals surface area contributed by atoms with Crippen molar-refractivity contribution in [1.82, 2.24) is 15.5 Å². The maximum absolute atomic E-state index is 11.9. The van der Waals surface area contributed by atoms with E-state index in [1.165, 1.54) is 0 Å². The minimum atomic E-state index is 0.0540. The monoisotopic (exact) mass is 263 g/mol. The van der Waals surface area contributed by atoms with Gasteiger partial charge in [0.15, 0.2) is 0 Å². The second kappa shape index (κ2) is 8.67. The van der Waals surface area contributed by atoms with E-state index >= 15 is 0 Å². The van der Waals surface area contributed by atoms with E-state index in [4.69, 9.17) is 0 Å². The number of hydrogen-bond donors (Lipinski definition) is 2. The Morgan fingerprint density at radius 2 is 1.95 bits per heavy atom. The summed E-state index contributed by atoms with van der Waals surface area (Å²) in [6.07, 6.45) is 1.43. The highest BCUT2D eigenvalue weighted by molar-refractivity contribution is 5.76. The SMILES string of the molecule is CNCCCC(=O)NC(CN(C)C)c1ccccc1. The van der Waals surface area contributed by atoms with Crippen LogP contribution in [0.2, 0.25) is 0 Å². The van der Waals surface area contributed by atoms with Gasteiger partial charge in [-0.2, -0.15) is 0 Å². The van der Waals surface area contributed by atoms with Crippen molar-refractivity contribution in [3.63, 3.8) is 0 Å². The lowest BCUT2D eigenvalue weighted by atomic mass is 10.1. The Bertz CT molecular complexity index is 365. The van der Waals surface area contributed by atoms with Crippen LogP contribution in [-0.2, 0) is 4.79 Å². The van der Waals surface area contributed by atoms with Crippen LogP contribution in [0, 0.1) is 0 Å². The maximum Gasteiger partial charge on any atom is 0.220 e. The molecule has 1 atom stereocenters. The molecule has 4 heteroatoms. The highest BCUT2D eigenvalue weighted by Gasteiger charge is 2.14. The second-order valence-corrected chi connectivity index (χ2v) is 5.00. The van der Waals surface area contributed by atoms with Crippen LogP contribution in [0.4, 0.5) is 0 Å². The zero-order valence-electron chi connectivity index (χ0n) is 12.1. The molecule has 0 spiro atoms. The molecule has 106 valence electrons. The molecule has 2 N–H and O–H groups in total. The molecule has 19 heavy (non-hydrogen) atoms. The van der Waals surface area contributed by atoms with Gasteiger partial charge in [0, 0.05) is 13.0 Å². The number of rotatable bonds is 8. The number of carbonyl (C=O) groups is 1. The molecule has 0 bridgehead atoms. The highest BCUT2D eigenvalue weighted by Crippen LogP contribution is 2.13. The Labute approximate surface area is 116 Å². The average Bonchev–Trinajstić information content (AvgIpc) is 2.39. The van der Waals surface area contributed by atoms with E-state index < -0.39 is 0 Å². The molecule has 0 saturated carbocycles. The van der Waals surface area contributed by atoms with Gasteiger partial charge in [-0.1, -0.05) is 30.3 Å². The van der Waals surface area contributed by atoms with Crippen LogP contribution in [0.5, 0.6) is 0 Å². The number of nitrogens with one attached hydrogen (secondary N) is 2. The van der Waals surface area contributed by atoms with Crippen molar-refractivity contribution in [1.29, 1.82) is 0 Å². The van der Waals surface area contributed by atoms with Gasteiger partial charge in [0.25, 0.3) is 0 Å². The third-order valence-electron chi connectivity index (χ3n) is 2.92. The molecule has 1 amide bonds. The van der Waals surface area contributed by atoms with Gasteiger partial charge in [0.2, 0.25) is 5.91 Å². The standard InChI is InChI=1S/C15H25N3O/c1-16-11-7-10-15(19)17-14(12-18(2)3)13-8-5-4-6-9-13/h4-6,8-9,14,16H,7,10-12H2,1-3H3,(H,17,19). The summed E-state index contributed by atoms with van der Waals surface area (Å²) in [4.78, 5) is 14.0. The average molecular weight is 263 g/mol. The van der Waals surface area contributed by atoms with Crippen LogP contribution >= 0.6 is 0 Å². The van der Waals surface area contributed by atoms with E-state index in [1.54, 1.807) is 0 Å². The smallest absolute Gasteiger partial charge is 0.220 e. The number of benzene rings is 1. The summed E-state index contributed by atoms with van der Waals surface area (Å²) in [6.45, 7) is 1.68. The molecule has 0 aliphatic carbocycles. The molecular weight excluding hydrogens is 238 g/mol. The topological polar surface area (TPSA) is 44.4 Å². The summed E-state index contributed by atoms with van der Waals surface area (Å²) < 4.78 is 0. The number of nitrogens with zero attached hydrogens (tertiary/aromatic N) is 1. The number of hydrogen-bond acceptors (Lipinski definition) is 3. The lowest BCUT2D eigenvalue weighted by Gasteiger charge is -2.23. The third kappa shape index (κ3) is 6.36. The van der Waals surface area contributed by atoms with Crippen LogP contribution in [-0.4, -0.2) is 45.0 Å². The number of likely N-dealkylation sites (N-methyl/N-ethyl adjacent to an activating group) is 1. The highest BCUT2D eigenvalue weighted by atomic mass is 16.1. The van der Waals surface area contributed by atoms with E-state index in [0.717, 1.165) is 25.1 Å². The summed E-state index contributed by atoms with van der Waals surface area (Å²) in [6, 6.07) is 10.2. The molecule has 0 heterocycles. The predicted octanol–water partition coefficient (Wildman–Crippen LogP) is 1.41. The second-order valence-electron chi connectivity index (χ2n) is 5.00. The molecule has 4 nitrogen and oxygen atoms in total. The maximum atomic E-state index is 11.9. The van der Waals surface area contributed by atoms with Crippen molar-refractivity contribution in [2.24, 2.45) is 0 Å². The first-order valence-corrected chi connectivity index (χ1v) is 6.77. The molecule has 0 radical (unpaired) electrons. The van der Waals surface area contributed by atoms with Crippen molar-refractivity contribution in [3.05, 3.63) is 35.9 Å². The molecule has 0 aliphatic heterocycles. The molecular formula is C15H25N3O. The van der Waals surface area contributed by atoms with Gasteiger partial charge >= 0.3 is 0 Å². The Kier molecular flexibility index (Phi) is 7.15. The first-order chi connectivity index (χ1) is 9.13. The first kappa shape index (κ1) is 15.7. The van der Waals surface area contributed by atoms with Gasteiger partial charge in [-0.05, 0) is 39.7 Å². The van der Waals surface area contributed by atoms with Crippen LogP contribution in [0.1, 0.15) is 24.4 Å². The quantitative estimate of drug-likeness (QED) is 0.697. The summed E-state index contributed by atoms with van der Waals surface area (Å²) in [5.41, 5.74) is 1.15. The summed E-state index contributed by atoms with van der Waals surface area (Å²) >= 11 is 0. The fourth-order valence-electron chi connectivity index (χ4n) is 1.98. The van der Waals surface area contributed by atoms with Crippen molar-refractivity contribution < 1.29 is 4.79 Å². The van der Waals surface area contributed by atoms with Crippen LogP contribution < -0.4 is 10.6 Å². The minimum Gasteiger partial charge on any atom is -0.348 e. The van der Waals surface area contributed by atoms with E-state index in [2.05, 4.69) is 27.7 Å². The number of amides is 1. The summed E-state index contributed by atoms with van der Waals surface area (Å²) in [5, 5.41) is 6.17. The fourth-order valence-corrected chi connectivity index (χ4v) is 1.98. The van der Waals surface area contributed by atoms with Gasteiger partial charge in [0.1, 0.15) is 0 Å². The first-order valence-electron chi connectivity index (χ1n) is 6.77. The van der Waals surface area contributed by atoms with E-state index in [1.807, 2.05) is 39.3 Å². The van der Waals surface area contributed by atoms with E-state index in [-0.39, 0.29) is 11.9 Å². The van der Waals surface area contributed by atoms with E-state index in [9.17, 15) is 4.79 Å². The third-order valence-corrected chi connectivity index (χ3v) is 2.92. The molecule has 0 aromatic heterocycles. The Morgan fingerprint density at radius 1 is 1.26 bits per heavy atom. The Balaban J connectivity index is 2.57. The zero-order chi connectivity index (χ0) is 14.1. The molecule has 1 unspecified atom stereocenters. The lowest BCUT2D eigenvalue weighted by molar-refractivity contribution is -0.122. The summed E-state index contributed by atoms with van der Waals surface area (Å²) in [5.74, 6) is 0.117. The van der Waals surface area contributed by atoms with Crippen LogP contribution in [0.15, 0.2) is 30.3 Å². The van der Waals surface area contributed by atoms with Gasteiger partial charge < -0.3 is 15.5 Å². The molecule has 0 fully saturated rings. The zero-order valence-corrected chi connectivity index (χ0v) is 12.1. The van der Waals surface area contributed by atoms with Crippen LogP contribution in [0.3, 0.4) is 0 Å². The summed E-state index contributed by atoms with van der Waals surface area (Å²) in [7, 11) is 5.93. The Morgan fingerprint density at radius 3 is 2.53 bits per heavy atom. The molecule has 1 aromatic rings. The normalized spacial score (nSPS) is 12.4. The molecule has 1 rings (SSSR count).